The van der Waals surface area contributed by atoms with Gasteiger partial charge >= 0.3 is 0 Å². The highest BCUT2D eigenvalue weighted by Gasteiger charge is 2.66. The van der Waals surface area contributed by atoms with Crippen LogP contribution in [0.3, 0.4) is 0 Å². The minimum absolute atomic E-state index is 0.241. The van der Waals surface area contributed by atoms with Crippen LogP contribution in [0, 0.1) is 16.7 Å². The fourth-order valence-electron chi connectivity index (χ4n) is 4.16. The molecule has 0 heterocycles. The van der Waals surface area contributed by atoms with Gasteiger partial charge < -0.3 is 5.73 Å². The SMILES string of the molecule is CC1(C)C(C(N)Cc2cccc3ccccc23)C1(C)C. The van der Waals surface area contributed by atoms with E-state index in [-0.39, 0.29) is 6.04 Å². The van der Waals surface area contributed by atoms with Gasteiger partial charge in [0, 0.05) is 6.04 Å². The van der Waals surface area contributed by atoms with Crippen LogP contribution in [0.15, 0.2) is 42.5 Å². The molecule has 1 fully saturated rings. The van der Waals surface area contributed by atoms with Gasteiger partial charge in [-0.25, -0.2) is 0 Å². The molecule has 1 aliphatic carbocycles. The van der Waals surface area contributed by atoms with Crippen LogP contribution in [-0.2, 0) is 6.42 Å². The standard InChI is InChI=1S/C19H25N/c1-18(2)17(19(18,3)4)16(20)12-14-10-7-9-13-8-5-6-11-15(13)14/h5-11,16-17H,12,20H2,1-4H3. The Morgan fingerprint density at radius 3 is 2.20 bits per heavy atom. The molecule has 0 bridgehead atoms. The number of fused-ring (bicyclic) bond motifs is 1. The fraction of sp³-hybridized carbons (Fsp3) is 0.474. The first-order valence-electron chi connectivity index (χ1n) is 7.58. The van der Waals surface area contributed by atoms with Gasteiger partial charge in [0.1, 0.15) is 0 Å². The Hall–Kier alpha value is -1.34. The van der Waals surface area contributed by atoms with Crippen LogP contribution >= 0.6 is 0 Å². The summed E-state index contributed by atoms with van der Waals surface area (Å²) < 4.78 is 0. The van der Waals surface area contributed by atoms with Crippen molar-refractivity contribution in [2.75, 3.05) is 0 Å². The highest BCUT2D eigenvalue weighted by Crippen LogP contribution is 2.69. The monoisotopic (exact) mass is 267 g/mol. The van der Waals surface area contributed by atoms with Gasteiger partial charge in [0.2, 0.25) is 0 Å². The maximum atomic E-state index is 6.55. The van der Waals surface area contributed by atoms with Crippen molar-refractivity contribution in [2.24, 2.45) is 22.5 Å². The van der Waals surface area contributed by atoms with E-state index in [0.29, 0.717) is 16.7 Å². The largest absolute Gasteiger partial charge is 0.327 e. The summed E-state index contributed by atoms with van der Waals surface area (Å²) in [5.41, 5.74) is 8.65. The summed E-state index contributed by atoms with van der Waals surface area (Å²) in [6.07, 6.45) is 0.971. The molecule has 0 spiro atoms. The van der Waals surface area contributed by atoms with Crippen molar-refractivity contribution in [1.82, 2.24) is 0 Å². The fourth-order valence-corrected chi connectivity index (χ4v) is 4.16. The molecular formula is C19H25N. The van der Waals surface area contributed by atoms with Gasteiger partial charge in [0.05, 0.1) is 0 Å². The zero-order valence-electron chi connectivity index (χ0n) is 13.0. The van der Waals surface area contributed by atoms with Crippen molar-refractivity contribution < 1.29 is 0 Å². The molecule has 1 aliphatic rings. The van der Waals surface area contributed by atoms with E-state index in [9.17, 15) is 0 Å². The van der Waals surface area contributed by atoms with E-state index in [1.807, 2.05) is 0 Å². The Labute approximate surface area is 122 Å². The number of hydrogen-bond acceptors (Lipinski definition) is 1. The van der Waals surface area contributed by atoms with Crippen molar-refractivity contribution in [2.45, 2.75) is 40.2 Å². The minimum Gasteiger partial charge on any atom is -0.327 e. The van der Waals surface area contributed by atoms with Gasteiger partial charge in [-0.05, 0) is 39.5 Å². The second kappa shape index (κ2) is 4.33. The van der Waals surface area contributed by atoms with Crippen molar-refractivity contribution in [1.29, 1.82) is 0 Å². The first-order valence-corrected chi connectivity index (χ1v) is 7.58. The quantitative estimate of drug-likeness (QED) is 0.877. The van der Waals surface area contributed by atoms with Gasteiger partial charge in [0.15, 0.2) is 0 Å². The predicted molar refractivity (Wildman–Crippen MR) is 86.7 cm³/mol. The molecule has 1 atom stereocenters. The molecule has 1 nitrogen and oxygen atoms in total. The smallest absolute Gasteiger partial charge is 0.0119 e. The second-order valence-electron chi connectivity index (χ2n) is 7.43. The van der Waals surface area contributed by atoms with Crippen LogP contribution < -0.4 is 5.73 Å². The summed E-state index contributed by atoms with van der Waals surface area (Å²) in [7, 11) is 0. The highest BCUT2D eigenvalue weighted by molar-refractivity contribution is 5.85. The van der Waals surface area contributed by atoms with Crippen molar-refractivity contribution >= 4 is 10.8 Å². The lowest BCUT2D eigenvalue weighted by atomic mass is 9.94. The van der Waals surface area contributed by atoms with Crippen LogP contribution in [0.5, 0.6) is 0 Å². The van der Waals surface area contributed by atoms with Gasteiger partial charge in [-0.3, -0.25) is 0 Å². The molecule has 2 N–H and O–H groups in total. The summed E-state index contributed by atoms with van der Waals surface area (Å²) >= 11 is 0. The topological polar surface area (TPSA) is 26.0 Å². The first kappa shape index (κ1) is 13.6. The summed E-state index contributed by atoms with van der Waals surface area (Å²) in [6.45, 7) is 9.39. The van der Waals surface area contributed by atoms with Crippen molar-refractivity contribution in [3.63, 3.8) is 0 Å². The molecule has 2 aromatic carbocycles. The minimum atomic E-state index is 0.241. The molecule has 2 aromatic rings. The molecule has 1 saturated carbocycles. The van der Waals surface area contributed by atoms with Crippen LogP contribution in [0.25, 0.3) is 10.8 Å². The van der Waals surface area contributed by atoms with E-state index < -0.39 is 0 Å². The Morgan fingerprint density at radius 1 is 0.950 bits per heavy atom. The van der Waals surface area contributed by atoms with E-state index in [0.717, 1.165) is 6.42 Å². The molecule has 0 saturated heterocycles. The maximum absolute atomic E-state index is 6.55. The third-order valence-corrected chi connectivity index (χ3v) is 5.90. The van der Waals surface area contributed by atoms with Crippen LogP contribution in [-0.4, -0.2) is 6.04 Å². The van der Waals surface area contributed by atoms with Crippen LogP contribution in [0.2, 0.25) is 0 Å². The van der Waals surface area contributed by atoms with Crippen LogP contribution in [0.4, 0.5) is 0 Å². The number of rotatable bonds is 3. The molecule has 1 heteroatoms. The predicted octanol–water partition coefficient (Wildman–Crippen LogP) is 4.39. The normalized spacial score (nSPS) is 21.9. The number of nitrogens with two attached hydrogens (primary N) is 1. The molecule has 20 heavy (non-hydrogen) atoms. The molecule has 0 radical (unpaired) electrons. The molecule has 0 aliphatic heterocycles. The average Bonchev–Trinajstić information content (AvgIpc) is 2.80. The Kier molecular flexibility index (Phi) is 2.95. The third kappa shape index (κ3) is 1.88. The molecule has 106 valence electrons. The average molecular weight is 267 g/mol. The number of benzene rings is 2. The molecular weight excluding hydrogens is 242 g/mol. The second-order valence-corrected chi connectivity index (χ2v) is 7.43. The molecule has 3 rings (SSSR count). The van der Waals surface area contributed by atoms with Gasteiger partial charge in [-0.2, -0.15) is 0 Å². The first-order chi connectivity index (χ1) is 9.35. The van der Waals surface area contributed by atoms with Crippen LogP contribution in [0.1, 0.15) is 33.3 Å². The molecule has 0 aromatic heterocycles. The number of hydrogen-bond donors (Lipinski definition) is 1. The van der Waals surface area contributed by atoms with Gasteiger partial charge in [-0.1, -0.05) is 70.2 Å². The zero-order chi connectivity index (χ0) is 14.5. The van der Waals surface area contributed by atoms with E-state index in [2.05, 4.69) is 70.2 Å². The van der Waals surface area contributed by atoms with E-state index in [1.165, 1.54) is 16.3 Å². The Morgan fingerprint density at radius 2 is 1.55 bits per heavy atom. The summed E-state index contributed by atoms with van der Waals surface area (Å²) in [5, 5.41) is 2.66. The van der Waals surface area contributed by atoms with E-state index in [4.69, 9.17) is 5.73 Å². The molecule has 0 amide bonds. The van der Waals surface area contributed by atoms with Gasteiger partial charge in [-0.15, -0.1) is 0 Å². The molecule has 1 unspecified atom stereocenters. The Balaban J connectivity index is 1.88. The van der Waals surface area contributed by atoms with E-state index in [1.54, 1.807) is 0 Å². The lowest BCUT2D eigenvalue weighted by molar-refractivity contribution is 0.457. The summed E-state index contributed by atoms with van der Waals surface area (Å²) in [4.78, 5) is 0. The lowest BCUT2D eigenvalue weighted by Crippen LogP contribution is -2.28. The highest BCUT2D eigenvalue weighted by atomic mass is 14.8. The Bertz CT molecular complexity index is 620. The summed E-state index contributed by atoms with van der Waals surface area (Å²) in [6, 6.07) is 15.4. The van der Waals surface area contributed by atoms with Gasteiger partial charge in [0.25, 0.3) is 0 Å². The maximum Gasteiger partial charge on any atom is 0.0119 e. The van der Waals surface area contributed by atoms with Crippen molar-refractivity contribution in [3.05, 3.63) is 48.0 Å². The van der Waals surface area contributed by atoms with Crippen molar-refractivity contribution in [3.8, 4) is 0 Å². The third-order valence-electron chi connectivity index (χ3n) is 5.90. The van der Waals surface area contributed by atoms with E-state index >= 15 is 0 Å². The zero-order valence-corrected chi connectivity index (χ0v) is 13.0. The lowest BCUT2D eigenvalue weighted by Gasteiger charge is -2.15. The summed E-state index contributed by atoms with van der Waals surface area (Å²) in [5.74, 6) is 0.606.